The van der Waals surface area contributed by atoms with Crippen LogP contribution in [0.3, 0.4) is 0 Å². The minimum absolute atomic E-state index is 0.334. The zero-order chi connectivity index (χ0) is 15.7. The van der Waals surface area contributed by atoms with E-state index in [0.717, 1.165) is 20.9 Å². The maximum absolute atomic E-state index is 11.9. The van der Waals surface area contributed by atoms with Crippen molar-refractivity contribution in [3.63, 3.8) is 0 Å². The predicted octanol–water partition coefficient (Wildman–Crippen LogP) is 1.99. The molecule has 3 aromatic rings. The molecule has 0 spiro atoms. The van der Waals surface area contributed by atoms with E-state index in [-0.39, 0.29) is 5.56 Å². The van der Waals surface area contributed by atoms with E-state index in [9.17, 15) is 9.59 Å². The van der Waals surface area contributed by atoms with Gasteiger partial charge < -0.3 is 0 Å². The predicted molar refractivity (Wildman–Crippen MR) is 88.1 cm³/mol. The van der Waals surface area contributed by atoms with Crippen LogP contribution in [0.5, 0.6) is 0 Å². The molecule has 3 rings (SSSR count). The van der Waals surface area contributed by atoms with Crippen LogP contribution in [0.1, 0.15) is 5.56 Å². The molecule has 0 unspecified atom stereocenters. The molecule has 0 fully saturated rings. The number of hydrogen-bond donors (Lipinski definition) is 0. The maximum Gasteiger partial charge on any atom is 0.332 e. The standard InChI is InChI=1S/C17H15N3O2/c1-19-15(10-16(21)20(2)17(19)22)18-11-13-8-5-7-12-6-3-4-9-14(12)13/h3-11H,1-2H3/b18-11-. The van der Waals surface area contributed by atoms with Gasteiger partial charge in [0.1, 0.15) is 5.82 Å². The van der Waals surface area contributed by atoms with Crippen LogP contribution in [0.2, 0.25) is 0 Å². The molecule has 0 amide bonds. The van der Waals surface area contributed by atoms with Gasteiger partial charge in [0, 0.05) is 31.9 Å². The molecule has 5 nitrogen and oxygen atoms in total. The SMILES string of the molecule is Cn1c(/N=C\c2cccc3ccccc23)cc(=O)n(C)c1=O. The lowest BCUT2D eigenvalue weighted by atomic mass is 10.1. The van der Waals surface area contributed by atoms with Crippen molar-refractivity contribution in [2.75, 3.05) is 0 Å². The highest BCUT2D eigenvalue weighted by Crippen LogP contribution is 2.17. The van der Waals surface area contributed by atoms with Crippen molar-refractivity contribution >= 4 is 22.8 Å². The fourth-order valence-corrected chi connectivity index (χ4v) is 2.34. The molecule has 0 saturated heterocycles. The van der Waals surface area contributed by atoms with E-state index in [1.165, 1.54) is 17.7 Å². The van der Waals surface area contributed by atoms with Crippen LogP contribution in [-0.4, -0.2) is 15.3 Å². The van der Waals surface area contributed by atoms with Gasteiger partial charge >= 0.3 is 5.69 Å². The smallest absolute Gasteiger partial charge is 0.281 e. The summed E-state index contributed by atoms with van der Waals surface area (Å²) >= 11 is 0. The maximum atomic E-state index is 11.9. The third kappa shape index (κ3) is 2.37. The summed E-state index contributed by atoms with van der Waals surface area (Å²) in [6.45, 7) is 0. The Balaban J connectivity index is 2.12. The highest BCUT2D eigenvalue weighted by Gasteiger charge is 2.04. The minimum atomic E-state index is -0.391. The van der Waals surface area contributed by atoms with E-state index in [4.69, 9.17) is 0 Å². The molecular formula is C17H15N3O2. The van der Waals surface area contributed by atoms with Crippen LogP contribution in [0.15, 0.2) is 63.1 Å². The monoisotopic (exact) mass is 293 g/mol. The second-order valence-corrected chi connectivity index (χ2v) is 5.07. The first-order chi connectivity index (χ1) is 10.6. The molecule has 0 saturated carbocycles. The second-order valence-electron chi connectivity index (χ2n) is 5.07. The average molecular weight is 293 g/mol. The van der Waals surface area contributed by atoms with E-state index in [1.807, 2.05) is 42.5 Å². The Labute approximate surface area is 126 Å². The van der Waals surface area contributed by atoms with Gasteiger partial charge in [0.15, 0.2) is 0 Å². The van der Waals surface area contributed by atoms with Gasteiger partial charge in [0.05, 0.1) is 0 Å². The average Bonchev–Trinajstić information content (AvgIpc) is 2.55. The summed E-state index contributed by atoms with van der Waals surface area (Å²) in [4.78, 5) is 27.9. The molecule has 0 bridgehead atoms. The third-order valence-corrected chi connectivity index (χ3v) is 3.66. The molecule has 110 valence electrons. The van der Waals surface area contributed by atoms with Gasteiger partial charge in [0.2, 0.25) is 0 Å². The number of nitrogens with zero attached hydrogens (tertiary/aromatic N) is 3. The van der Waals surface area contributed by atoms with Crippen LogP contribution in [0.4, 0.5) is 5.82 Å². The number of aliphatic imine (C=N–C) groups is 1. The molecule has 5 heteroatoms. The number of aromatic nitrogens is 2. The van der Waals surface area contributed by atoms with Crippen molar-refractivity contribution < 1.29 is 0 Å². The van der Waals surface area contributed by atoms with Crippen molar-refractivity contribution in [3.8, 4) is 0 Å². The van der Waals surface area contributed by atoms with Gasteiger partial charge in [-0.15, -0.1) is 0 Å². The van der Waals surface area contributed by atoms with Gasteiger partial charge in [-0.1, -0.05) is 42.5 Å². The summed E-state index contributed by atoms with van der Waals surface area (Å²) in [7, 11) is 3.04. The highest BCUT2D eigenvalue weighted by molar-refractivity contribution is 6.00. The van der Waals surface area contributed by atoms with E-state index in [1.54, 1.807) is 13.3 Å². The first-order valence-corrected chi connectivity index (χ1v) is 6.87. The normalized spacial score (nSPS) is 11.4. The van der Waals surface area contributed by atoms with Gasteiger partial charge in [-0.2, -0.15) is 0 Å². The number of hydrogen-bond acceptors (Lipinski definition) is 3. The van der Waals surface area contributed by atoms with Gasteiger partial charge in [-0.25, -0.2) is 9.79 Å². The zero-order valence-electron chi connectivity index (χ0n) is 12.4. The second kappa shape index (κ2) is 5.44. The Morgan fingerprint density at radius 2 is 1.68 bits per heavy atom. The molecule has 0 aliphatic rings. The van der Waals surface area contributed by atoms with Crippen LogP contribution < -0.4 is 11.2 Å². The van der Waals surface area contributed by atoms with E-state index in [2.05, 4.69) is 4.99 Å². The summed E-state index contributed by atoms with van der Waals surface area (Å²) in [5, 5.41) is 2.19. The summed E-state index contributed by atoms with van der Waals surface area (Å²) in [6.07, 6.45) is 1.68. The first kappa shape index (κ1) is 14.0. The Bertz CT molecular complexity index is 991. The van der Waals surface area contributed by atoms with E-state index < -0.39 is 5.69 Å². The van der Waals surface area contributed by atoms with Crippen LogP contribution >= 0.6 is 0 Å². The van der Waals surface area contributed by atoms with Gasteiger partial charge in [0.25, 0.3) is 5.56 Å². The molecule has 2 aromatic carbocycles. The van der Waals surface area contributed by atoms with Crippen molar-refractivity contribution in [3.05, 3.63) is 74.9 Å². The fourth-order valence-electron chi connectivity index (χ4n) is 2.34. The summed E-state index contributed by atoms with van der Waals surface area (Å²) in [6, 6.07) is 15.3. The van der Waals surface area contributed by atoms with Gasteiger partial charge in [-0.3, -0.25) is 13.9 Å². The topological polar surface area (TPSA) is 56.4 Å². The van der Waals surface area contributed by atoms with Crippen LogP contribution in [-0.2, 0) is 14.1 Å². The van der Waals surface area contributed by atoms with Gasteiger partial charge in [-0.05, 0) is 10.8 Å². The molecule has 1 aromatic heterocycles. The number of benzene rings is 2. The first-order valence-electron chi connectivity index (χ1n) is 6.87. The fraction of sp³-hybridized carbons (Fsp3) is 0.118. The summed E-state index contributed by atoms with van der Waals surface area (Å²) in [5.74, 6) is 0.334. The quantitative estimate of drug-likeness (QED) is 0.678. The Morgan fingerprint density at radius 1 is 0.955 bits per heavy atom. The molecule has 0 radical (unpaired) electrons. The van der Waals surface area contributed by atoms with Crippen molar-refractivity contribution in [1.82, 2.24) is 9.13 Å². The van der Waals surface area contributed by atoms with E-state index in [0.29, 0.717) is 5.82 Å². The molecule has 1 heterocycles. The number of rotatable bonds is 2. The largest absolute Gasteiger partial charge is 0.332 e. The molecule has 0 aliphatic heterocycles. The lowest BCUT2D eigenvalue weighted by Crippen LogP contribution is -2.35. The van der Waals surface area contributed by atoms with Crippen LogP contribution in [0, 0.1) is 0 Å². The Kier molecular flexibility index (Phi) is 3.47. The molecule has 0 N–H and O–H groups in total. The summed E-state index contributed by atoms with van der Waals surface area (Å²) in [5.41, 5.74) is 0.178. The highest BCUT2D eigenvalue weighted by atomic mass is 16.2. The molecule has 22 heavy (non-hydrogen) atoms. The van der Waals surface area contributed by atoms with E-state index >= 15 is 0 Å². The third-order valence-electron chi connectivity index (χ3n) is 3.66. The van der Waals surface area contributed by atoms with Crippen molar-refractivity contribution in [1.29, 1.82) is 0 Å². The molecule has 0 atom stereocenters. The van der Waals surface area contributed by atoms with Crippen molar-refractivity contribution in [2.24, 2.45) is 19.1 Å². The molecule has 0 aliphatic carbocycles. The van der Waals surface area contributed by atoms with Crippen LogP contribution in [0.25, 0.3) is 10.8 Å². The Morgan fingerprint density at radius 3 is 2.50 bits per heavy atom. The lowest BCUT2D eigenvalue weighted by Gasteiger charge is -2.05. The summed E-state index contributed by atoms with van der Waals surface area (Å²) < 4.78 is 2.40. The Hall–Kier alpha value is -2.95. The number of fused-ring (bicyclic) bond motifs is 1. The van der Waals surface area contributed by atoms with Crippen molar-refractivity contribution in [2.45, 2.75) is 0 Å². The molecular weight excluding hydrogens is 278 g/mol. The zero-order valence-corrected chi connectivity index (χ0v) is 12.4. The lowest BCUT2D eigenvalue weighted by molar-refractivity contribution is 0.689. The minimum Gasteiger partial charge on any atom is -0.281 e.